The largest absolute Gasteiger partial charge is 0.497 e. The van der Waals surface area contributed by atoms with Gasteiger partial charge in [-0.2, -0.15) is 0 Å². The molecule has 0 radical (unpaired) electrons. The number of para-hydroxylation sites is 2. The molecule has 0 bridgehead atoms. The Balaban J connectivity index is 1.29. The zero-order valence-corrected chi connectivity index (χ0v) is 27.3. The lowest BCUT2D eigenvalue weighted by molar-refractivity contribution is 0.0782. The van der Waals surface area contributed by atoms with E-state index < -0.39 is 0 Å². The van der Waals surface area contributed by atoms with Gasteiger partial charge in [0.2, 0.25) is 11.7 Å². The Kier molecular flexibility index (Phi) is 10.3. The molecule has 5 rings (SSSR count). The van der Waals surface area contributed by atoms with Crippen molar-refractivity contribution in [2.45, 2.75) is 18.8 Å². The number of aryl methyl sites for hydroxylation is 1. The molecule has 4 aromatic rings. The molecule has 10 nitrogen and oxygen atoms in total. The first kappa shape index (κ1) is 32.0. The van der Waals surface area contributed by atoms with Gasteiger partial charge in [0.05, 0.1) is 39.5 Å². The fourth-order valence-corrected chi connectivity index (χ4v) is 6.23. The fraction of sp³-hybridized carbons (Fsp3) is 0.429. The van der Waals surface area contributed by atoms with Gasteiger partial charge in [0.25, 0.3) is 5.91 Å². The Hall–Kier alpha value is -4.44. The maximum atomic E-state index is 13.7. The Bertz CT molecular complexity index is 1560. The minimum Gasteiger partial charge on any atom is -0.497 e. The van der Waals surface area contributed by atoms with Crippen LogP contribution in [0.2, 0.25) is 0 Å². The van der Waals surface area contributed by atoms with Gasteiger partial charge in [-0.05, 0) is 67.9 Å². The number of carbonyl (C=O) groups is 1. The highest BCUT2D eigenvalue weighted by molar-refractivity contribution is 5.95. The van der Waals surface area contributed by atoms with Crippen molar-refractivity contribution in [3.05, 3.63) is 71.8 Å². The number of benzene rings is 3. The van der Waals surface area contributed by atoms with Crippen molar-refractivity contribution < 1.29 is 23.7 Å². The summed E-state index contributed by atoms with van der Waals surface area (Å²) in [4.78, 5) is 25.4. The maximum absolute atomic E-state index is 13.7. The molecule has 240 valence electrons. The van der Waals surface area contributed by atoms with Crippen LogP contribution < -0.4 is 23.8 Å². The summed E-state index contributed by atoms with van der Waals surface area (Å²) < 4.78 is 24.0. The summed E-state index contributed by atoms with van der Waals surface area (Å²) in [7, 11) is 10.3. The SMILES string of the molecule is COc1ccc(C(CCN2CCCN(c3nc4ccccc4n3C)CC2)CN(C)C(=O)c2cc(OC)c(OC)c(OC)c2)cc1. The van der Waals surface area contributed by atoms with Crippen molar-refractivity contribution in [1.29, 1.82) is 0 Å². The molecule has 2 heterocycles. The summed E-state index contributed by atoms with van der Waals surface area (Å²) in [6.45, 7) is 5.36. The molecular weight excluding hydrogens is 570 g/mol. The number of hydrogen-bond donors (Lipinski definition) is 0. The minimum absolute atomic E-state index is 0.111. The minimum atomic E-state index is -0.111. The van der Waals surface area contributed by atoms with Crippen molar-refractivity contribution in [2.75, 3.05) is 79.7 Å². The standard InChI is InChI=1S/C35H45N5O5/c1-37(34(41)27-22-31(43-4)33(45-6)32(23-27)44-5)24-26(25-12-14-28(42-3)15-13-25)16-19-39-17-9-18-40(21-20-39)35-36-29-10-7-8-11-30(29)38(35)2/h7-8,10-15,22-23,26H,9,16-21,24H2,1-6H3. The fourth-order valence-electron chi connectivity index (χ4n) is 6.23. The second kappa shape index (κ2) is 14.6. The van der Waals surface area contributed by atoms with E-state index in [1.807, 2.05) is 25.2 Å². The zero-order valence-electron chi connectivity index (χ0n) is 27.3. The second-order valence-electron chi connectivity index (χ2n) is 11.5. The summed E-state index contributed by atoms with van der Waals surface area (Å²) in [5.74, 6) is 3.23. The Morgan fingerprint density at radius 1 is 0.889 bits per heavy atom. The number of hydrogen-bond acceptors (Lipinski definition) is 8. The molecular formula is C35H45N5O5. The van der Waals surface area contributed by atoms with Crippen molar-refractivity contribution in [1.82, 2.24) is 19.4 Å². The summed E-state index contributed by atoms with van der Waals surface area (Å²) in [5, 5.41) is 0. The van der Waals surface area contributed by atoms with E-state index in [0.717, 1.165) is 68.3 Å². The van der Waals surface area contributed by atoms with Crippen LogP contribution in [-0.2, 0) is 7.05 Å². The van der Waals surface area contributed by atoms with E-state index >= 15 is 0 Å². The molecule has 1 aliphatic rings. The van der Waals surface area contributed by atoms with E-state index in [-0.39, 0.29) is 11.8 Å². The Morgan fingerprint density at radius 3 is 2.24 bits per heavy atom. The number of rotatable bonds is 12. The number of fused-ring (bicyclic) bond motifs is 1. The van der Waals surface area contributed by atoms with Gasteiger partial charge in [-0.15, -0.1) is 0 Å². The Morgan fingerprint density at radius 2 is 1.60 bits per heavy atom. The van der Waals surface area contributed by atoms with Crippen LogP contribution in [0, 0.1) is 0 Å². The third-order valence-electron chi connectivity index (χ3n) is 8.77. The lowest BCUT2D eigenvalue weighted by Crippen LogP contribution is -2.35. The smallest absolute Gasteiger partial charge is 0.253 e. The first-order chi connectivity index (χ1) is 21.9. The molecule has 1 aliphatic heterocycles. The summed E-state index contributed by atoms with van der Waals surface area (Å²) in [6, 6.07) is 19.9. The third kappa shape index (κ3) is 7.12. The van der Waals surface area contributed by atoms with Crippen molar-refractivity contribution >= 4 is 22.9 Å². The van der Waals surface area contributed by atoms with Crippen LogP contribution in [0.3, 0.4) is 0 Å². The van der Waals surface area contributed by atoms with Gasteiger partial charge in [-0.1, -0.05) is 24.3 Å². The molecule has 1 aromatic heterocycles. The van der Waals surface area contributed by atoms with Crippen LogP contribution in [0.5, 0.6) is 23.0 Å². The van der Waals surface area contributed by atoms with Crippen LogP contribution in [0.25, 0.3) is 11.0 Å². The molecule has 45 heavy (non-hydrogen) atoms. The second-order valence-corrected chi connectivity index (χ2v) is 11.5. The molecule has 10 heteroatoms. The molecule has 0 spiro atoms. The number of anilines is 1. The summed E-state index contributed by atoms with van der Waals surface area (Å²) in [6.07, 6.45) is 1.97. The molecule has 3 aromatic carbocycles. The zero-order chi connectivity index (χ0) is 31.9. The highest BCUT2D eigenvalue weighted by Crippen LogP contribution is 2.38. The number of imidazole rings is 1. The van der Waals surface area contributed by atoms with Crippen LogP contribution >= 0.6 is 0 Å². The molecule has 0 aliphatic carbocycles. The highest BCUT2D eigenvalue weighted by atomic mass is 16.5. The van der Waals surface area contributed by atoms with Gasteiger partial charge >= 0.3 is 0 Å². The van der Waals surface area contributed by atoms with Crippen molar-refractivity contribution in [3.63, 3.8) is 0 Å². The average molecular weight is 616 g/mol. The van der Waals surface area contributed by atoms with E-state index in [9.17, 15) is 4.79 Å². The molecule has 0 N–H and O–H groups in total. The average Bonchev–Trinajstić information content (AvgIpc) is 3.24. The summed E-state index contributed by atoms with van der Waals surface area (Å²) >= 11 is 0. The number of aromatic nitrogens is 2. The monoisotopic (exact) mass is 615 g/mol. The topological polar surface area (TPSA) is 81.5 Å². The van der Waals surface area contributed by atoms with Gasteiger partial charge in [-0.25, -0.2) is 4.98 Å². The molecule has 1 amide bonds. The molecule has 0 saturated carbocycles. The van der Waals surface area contributed by atoms with E-state index in [4.69, 9.17) is 23.9 Å². The first-order valence-corrected chi connectivity index (χ1v) is 15.4. The number of likely N-dealkylation sites (N-methyl/N-ethyl adjacent to an activating group) is 1. The van der Waals surface area contributed by atoms with Gasteiger partial charge in [-0.3, -0.25) is 4.79 Å². The number of carbonyl (C=O) groups excluding carboxylic acids is 1. The van der Waals surface area contributed by atoms with Crippen molar-refractivity contribution in [2.24, 2.45) is 7.05 Å². The first-order valence-electron chi connectivity index (χ1n) is 15.4. The number of amides is 1. The van der Waals surface area contributed by atoms with E-state index in [1.165, 1.54) is 5.56 Å². The van der Waals surface area contributed by atoms with E-state index in [2.05, 4.69) is 51.7 Å². The molecule has 1 fully saturated rings. The van der Waals surface area contributed by atoms with Gasteiger partial charge in [0, 0.05) is 51.8 Å². The quantitative estimate of drug-likeness (QED) is 0.219. The van der Waals surface area contributed by atoms with E-state index in [0.29, 0.717) is 29.4 Å². The van der Waals surface area contributed by atoms with Crippen LogP contribution in [0.15, 0.2) is 60.7 Å². The molecule has 1 saturated heterocycles. The molecule has 1 unspecified atom stereocenters. The third-order valence-corrected chi connectivity index (χ3v) is 8.77. The van der Waals surface area contributed by atoms with Gasteiger partial charge in [0.1, 0.15) is 5.75 Å². The van der Waals surface area contributed by atoms with Gasteiger partial charge in [0.15, 0.2) is 11.5 Å². The number of methoxy groups -OCH3 is 4. The van der Waals surface area contributed by atoms with Gasteiger partial charge < -0.3 is 38.2 Å². The highest BCUT2D eigenvalue weighted by Gasteiger charge is 2.24. The van der Waals surface area contributed by atoms with Crippen LogP contribution in [-0.4, -0.2) is 100 Å². The maximum Gasteiger partial charge on any atom is 0.253 e. The normalized spacial score (nSPS) is 14.6. The lowest BCUT2D eigenvalue weighted by Gasteiger charge is -2.28. The lowest BCUT2D eigenvalue weighted by atomic mass is 9.94. The summed E-state index contributed by atoms with van der Waals surface area (Å²) in [5.41, 5.74) is 3.84. The number of ether oxygens (including phenoxy) is 4. The molecule has 1 atom stereocenters. The van der Waals surface area contributed by atoms with Crippen LogP contribution in [0.1, 0.15) is 34.7 Å². The predicted molar refractivity (Wildman–Crippen MR) is 177 cm³/mol. The van der Waals surface area contributed by atoms with E-state index in [1.54, 1.807) is 45.5 Å². The van der Waals surface area contributed by atoms with Crippen molar-refractivity contribution in [3.8, 4) is 23.0 Å². The Labute approximate surface area is 266 Å². The van der Waals surface area contributed by atoms with Crippen LogP contribution in [0.4, 0.5) is 5.95 Å². The number of nitrogens with zero attached hydrogens (tertiary/aromatic N) is 5. The predicted octanol–water partition coefficient (Wildman–Crippen LogP) is 5.07.